The molecule has 0 bridgehead atoms. The van der Waals surface area contributed by atoms with Crippen molar-refractivity contribution in [3.63, 3.8) is 0 Å². The summed E-state index contributed by atoms with van der Waals surface area (Å²) in [7, 11) is 1.84. The maximum atomic E-state index is 12.9. The van der Waals surface area contributed by atoms with Gasteiger partial charge in [-0.25, -0.2) is 9.37 Å². The summed E-state index contributed by atoms with van der Waals surface area (Å²) in [5.74, 6) is 1.36. The number of halogens is 1. The maximum Gasteiger partial charge on any atom is 0.226 e. The smallest absolute Gasteiger partial charge is 0.226 e. The third-order valence-corrected chi connectivity index (χ3v) is 4.28. The number of fused-ring (bicyclic) bond motifs is 1. The highest BCUT2D eigenvalue weighted by molar-refractivity contribution is 5.78. The predicted molar refractivity (Wildman–Crippen MR) is 81.8 cm³/mol. The van der Waals surface area contributed by atoms with Gasteiger partial charge in [-0.1, -0.05) is 12.1 Å². The molecule has 0 saturated heterocycles. The minimum atomic E-state index is -0.276. The molecule has 2 aromatic rings. The first kappa shape index (κ1) is 14.8. The molecular formula is C17H20FN3O. The molecule has 1 amide bonds. The van der Waals surface area contributed by atoms with E-state index in [1.165, 1.54) is 12.1 Å². The van der Waals surface area contributed by atoms with E-state index in [-0.39, 0.29) is 11.7 Å². The molecule has 0 spiro atoms. The van der Waals surface area contributed by atoms with Crippen LogP contribution in [-0.4, -0.2) is 34.0 Å². The van der Waals surface area contributed by atoms with Crippen LogP contribution in [-0.2, 0) is 24.2 Å². The van der Waals surface area contributed by atoms with Gasteiger partial charge in [0.05, 0.1) is 6.42 Å². The number of imidazole rings is 1. The van der Waals surface area contributed by atoms with Gasteiger partial charge in [-0.05, 0) is 30.0 Å². The minimum Gasteiger partial charge on any atom is -0.345 e. The van der Waals surface area contributed by atoms with E-state index in [0.717, 1.165) is 37.3 Å². The Morgan fingerprint density at radius 3 is 2.95 bits per heavy atom. The fourth-order valence-corrected chi connectivity index (χ4v) is 2.97. The molecule has 4 nitrogen and oxygen atoms in total. The normalized spacial score (nSPS) is 17.1. The van der Waals surface area contributed by atoms with Crippen LogP contribution in [0.5, 0.6) is 0 Å². The summed E-state index contributed by atoms with van der Waals surface area (Å²) in [5, 5.41) is 0. The van der Waals surface area contributed by atoms with Crippen LogP contribution >= 0.6 is 0 Å². The Morgan fingerprint density at radius 1 is 1.41 bits per heavy atom. The Balaban J connectivity index is 1.54. The summed E-state index contributed by atoms with van der Waals surface area (Å²) in [6, 6.07) is 6.12. The molecule has 0 saturated carbocycles. The van der Waals surface area contributed by atoms with Gasteiger partial charge >= 0.3 is 0 Å². The fraction of sp³-hybridized carbons (Fsp3) is 0.412. The Labute approximate surface area is 129 Å². The zero-order valence-electron chi connectivity index (χ0n) is 12.7. The quantitative estimate of drug-likeness (QED) is 0.869. The van der Waals surface area contributed by atoms with Crippen molar-refractivity contribution in [2.45, 2.75) is 25.8 Å². The number of nitrogens with zero attached hydrogens (tertiary/aromatic N) is 3. The van der Waals surface area contributed by atoms with Gasteiger partial charge in [0.15, 0.2) is 0 Å². The summed E-state index contributed by atoms with van der Waals surface area (Å²) in [6.07, 6.45) is 6.15. The van der Waals surface area contributed by atoms with Gasteiger partial charge in [0.25, 0.3) is 0 Å². The molecule has 3 rings (SSSR count). The first-order chi connectivity index (χ1) is 10.6. The van der Waals surface area contributed by atoms with Gasteiger partial charge in [0, 0.05) is 39.0 Å². The second kappa shape index (κ2) is 6.30. The highest BCUT2D eigenvalue weighted by atomic mass is 19.1. The van der Waals surface area contributed by atoms with E-state index in [1.807, 2.05) is 19.4 Å². The van der Waals surface area contributed by atoms with Gasteiger partial charge in [-0.2, -0.15) is 0 Å². The number of carbonyl (C=O) groups excluding carboxylic acids is 1. The lowest BCUT2D eigenvalue weighted by atomic mass is 9.97. The molecule has 0 fully saturated rings. The molecule has 0 radical (unpaired) electrons. The number of carbonyl (C=O) groups is 1. The van der Waals surface area contributed by atoms with Crippen LogP contribution in [0.15, 0.2) is 36.7 Å². The molecule has 1 aromatic carbocycles. The van der Waals surface area contributed by atoms with Crippen molar-refractivity contribution in [3.8, 4) is 0 Å². The Morgan fingerprint density at radius 2 is 2.18 bits per heavy atom. The van der Waals surface area contributed by atoms with E-state index >= 15 is 0 Å². The summed E-state index contributed by atoms with van der Waals surface area (Å²) >= 11 is 0. The highest BCUT2D eigenvalue weighted by Crippen LogP contribution is 2.20. The van der Waals surface area contributed by atoms with Crippen molar-refractivity contribution < 1.29 is 9.18 Å². The summed E-state index contributed by atoms with van der Waals surface area (Å²) in [4.78, 5) is 18.4. The average Bonchev–Trinajstić information content (AvgIpc) is 2.97. The van der Waals surface area contributed by atoms with Gasteiger partial charge in [-0.15, -0.1) is 0 Å². The molecule has 1 aromatic heterocycles. The number of hydrogen-bond acceptors (Lipinski definition) is 2. The first-order valence-corrected chi connectivity index (χ1v) is 7.60. The molecule has 0 unspecified atom stereocenters. The molecule has 22 heavy (non-hydrogen) atoms. The number of aromatic nitrogens is 2. The number of hydrogen-bond donors (Lipinski definition) is 0. The van der Waals surface area contributed by atoms with Crippen molar-refractivity contribution >= 4 is 5.91 Å². The first-order valence-electron chi connectivity index (χ1n) is 7.60. The Bertz CT molecular complexity index is 650. The summed E-state index contributed by atoms with van der Waals surface area (Å²) in [6.45, 7) is 1.72. The second-order valence-electron chi connectivity index (χ2n) is 5.97. The van der Waals surface area contributed by atoms with E-state index in [1.54, 1.807) is 17.0 Å². The lowest BCUT2D eigenvalue weighted by molar-refractivity contribution is -0.129. The van der Waals surface area contributed by atoms with E-state index in [4.69, 9.17) is 0 Å². The molecular weight excluding hydrogens is 281 g/mol. The van der Waals surface area contributed by atoms with E-state index in [2.05, 4.69) is 9.55 Å². The maximum absolute atomic E-state index is 12.9. The standard InChI is InChI=1S/C17H20FN3O/c1-20(17(22)11-13-2-4-15(18)5-3-13)12-14-6-8-21-9-7-19-16(21)10-14/h2-5,7,9,14H,6,8,10-12H2,1H3/t14-/m1/s1. The average molecular weight is 301 g/mol. The summed E-state index contributed by atoms with van der Waals surface area (Å²) in [5.41, 5.74) is 0.845. The molecule has 0 N–H and O–H groups in total. The van der Waals surface area contributed by atoms with Crippen LogP contribution in [0.25, 0.3) is 0 Å². The van der Waals surface area contributed by atoms with Gasteiger partial charge in [0.2, 0.25) is 5.91 Å². The third kappa shape index (κ3) is 3.35. The highest BCUT2D eigenvalue weighted by Gasteiger charge is 2.22. The molecule has 116 valence electrons. The lowest BCUT2D eigenvalue weighted by Gasteiger charge is -2.28. The van der Waals surface area contributed by atoms with Gasteiger partial charge in [0.1, 0.15) is 11.6 Å². The topological polar surface area (TPSA) is 38.1 Å². The third-order valence-electron chi connectivity index (χ3n) is 4.28. The zero-order chi connectivity index (χ0) is 15.5. The molecule has 5 heteroatoms. The van der Waals surface area contributed by atoms with Crippen molar-refractivity contribution in [2.24, 2.45) is 5.92 Å². The van der Waals surface area contributed by atoms with Crippen LogP contribution in [0, 0.1) is 11.7 Å². The predicted octanol–water partition coefficient (Wildman–Crippen LogP) is 2.29. The minimum absolute atomic E-state index is 0.0699. The molecule has 0 aliphatic carbocycles. The molecule has 2 heterocycles. The Kier molecular flexibility index (Phi) is 4.22. The number of benzene rings is 1. The van der Waals surface area contributed by atoms with E-state index < -0.39 is 0 Å². The fourth-order valence-electron chi connectivity index (χ4n) is 2.97. The number of rotatable bonds is 4. The van der Waals surface area contributed by atoms with Crippen molar-refractivity contribution in [2.75, 3.05) is 13.6 Å². The molecule has 1 atom stereocenters. The van der Waals surface area contributed by atoms with Crippen LogP contribution < -0.4 is 0 Å². The van der Waals surface area contributed by atoms with Gasteiger partial charge < -0.3 is 9.47 Å². The summed E-state index contributed by atoms with van der Waals surface area (Å²) < 4.78 is 15.1. The van der Waals surface area contributed by atoms with Gasteiger partial charge in [-0.3, -0.25) is 4.79 Å². The number of likely N-dealkylation sites (N-methyl/N-ethyl adjacent to an activating group) is 1. The monoisotopic (exact) mass is 301 g/mol. The van der Waals surface area contributed by atoms with Crippen LogP contribution in [0.4, 0.5) is 4.39 Å². The Hall–Kier alpha value is -2.17. The van der Waals surface area contributed by atoms with Crippen molar-refractivity contribution in [3.05, 3.63) is 53.9 Å². The SMILES string of the molecule is CN(C[C@@H]1CCn2ccnc2C1)C(=O)Cc1ccc(F)cc1. The van der Waals surface area contributed by atoms with Crippen LogP contribution in [0.3, 0.4) is 0 Å². The largest absolute Gasteiger partial charge is 0.345 e. The van der Waals surface area contributed by atoms with Crippen molar-refractivity contribution in [1.82, 2.24) is 14.5 Å². The molecule has 1 aliphatic rings. The van der Waals surface area contributed by atoms with Crippen LogP contribution in [0.1, 0.15) is 17.8 Å². The number of amides is 1. The second-order valence-corrected chi connectivity index (χ2v) is 5.97. The number of aryl methyl sites for hydroxylation is 1. The zero-order valence-corrected chi connectivity index (χ0v) is 12.7. The lowest BCUT2D eigenvalue weighted by Crippen LogP contribution is -2.35. The molecule has 1 aliphatic heterocycles. The van der Waals surface area contributed by atoms with Crippen LogP contribution in [0.2, 0.25) is 0 Å². The van der Waals surface area contributed by atoms with E-state index in [0.29, 0.717) is 12.3 Å². The van der Waals surface area contributed by atoms with E-state index in [9.17, 15) is 9.18 Å². The van der Waals surface area contributed by atoms with Crippen molar-refractivity contribution in [1.29, 1.82) is 0 Å².